The Morgan fingerprint density at radius 3 is 2.67 bits per heavy atom. The van der Waals surface area contributed by atoms with E-state index in [0.29, 0.717) is 5.92 Å². The molecule has 0 spiro atoms. The van der Waals surface area contributed by atoms with Gasteiger partial charge in [-0.05, 0) is 11.5 Å². The lowest BCUT2D eigenvalue weighted by molar-refractivity contribution is 0.765. The van der Waals surface area contributed by atoms with E-state index in [1.807, 2.05) is 0 Å². The van der Waals surface area contributed by atoms with Crippen molar-refractivity contribution in [1.29, 1.82) is 0 Å². The topological polar surface area (TPSA) is 12.0 Å². The van der Waals surface area contributed by atoms with E-state index in [1.54, 1.807) is 0 Å². The van der Waals surface area contributed by atoms with Gasteiger partial charge in [-0.15, -0.1) is 0 Å². The summed E-state index contributed by atoms with van der Waals surface area (Å²) >= 11 is 0. The largest absolute Gasteiger partial charge is 0.387 e. The molecular formula is C8H13N. The molecule has 9 heavy (non-hydrogen) atoms. The summed E-state index contributed by atoms with van der Waals surface area (Å²) in [7, 11) is 0. The molecule has 0 aromatic carbocycles. The standard InChI is InChI=1S/C8H13N/c1-7(2)8-4-3-5-9-6-8/h3-4,6-7,9H,5H2,1-2H3. The zero-order chi connectivity index (χ0) is 6.69. The van der Waals surface area contributed by atoms with E-state index in [1.165, 1.54) is 5.57 Å². The first-order valence-electron chi connectivity index (χ1n) is 3.40. The second-order valence-electron chi connectivity index (χ2n) is 2.61. The van der Waals surface area contributed by atoms with Crippen LogP contribution in [0.1, 0.15) is 13.8 Å². The van der Waals surface area contributed by atoms with Gasteiger partial charge in [-0.1, -0.05) is 26.0 Å². The molecule has 1 aliphatic heterocycles. The van der Waals surface area contributed by atoms with Gasteiger partial charge in [-0.3, -0.25) is 0 Å². The Bertz CT molecular complexity index is 143. The fourth-order valence-electron chi connectivity index (χ4n) is 0.847. The van der Waals surface area contributed by atoms with E-state index >= 15 is 0 Å². The molecule has 0 aromatic rings. The SMILES string of the molecule is CC(C)C1=CNCC=C1. The normalized spacial score (nSPS) is 17.4. The van der Waals surface area contributed by atoms with Gasteiger partial charge in [-0.25, -0.2) is 0 Å². The van der Waals surface area contributed by atoms with Crippen LogP contribution in [0.25, 0.3) is 0 Å². The lowest BCUT2D eigenvalue weighted by Gasteiger charge is -2.10. The Hall–Kier alpha value is -0.720. The summed E-state index contributed by atoms with van der Waals surface area (Å²) < 4.78 is 0. The molecule has 0 aromatic heterocycles. The number of dihydropyridines is 1. The van der Waals surface area contributed by atoms with Gasteiger partial charge < -0.3 is 5.32 Å². The fraction of sp³-hybridized carbons (Fsp3) is 0.500. The minimum atomic E-state index is 0.647. The number of hydrogen-bond donors (Lipinski definition) is 1. The first-order chi connectivity index (χ1) is 4.30. The van der Waals surface area contributed by atoms with Crippen LogP contribution in [0.3, 0.4) is 0 Å². The zero-order valence-electron chi connectivity index (χ0n) is 6.02. The average Bonchev–Trinajstić information content (AvgIpc) is 1.90. The van der Waals surface area contributed by atoms with Crippen molar-refractivity contribution >= 4 is 0 Å². The lowest BCUT2D eigenvalue weighted by atomic mass is 10.0. The van der Waals surface area contributed by atoms with Crippen LogP contribution in [0, 0.1) is 5.92 Å². The molecule has 0 saturated heterocycles. The van der Waals surface area contributed by atoms with Crippen molar-refractivity contribution in [2.24, 2.45) is 5.92 Å². The Balaban J connectivity index is 2.58. The third-order valence-electron chi connectivity index (χ3n) is 1.48. The van der Waals surface area contributed by atoms with E-state index < -0.39 is 0 Å². The molecular weight excluding hydrogens is 110 g/mol. The van der Waals surface area contributed by atoms with Crippen LogP contribution in [0.15, 0.2) is 23.9 Å². The van der Waals surface area contributed by atoms with Crippen LogP contribution in [0.2, 0.25) is 0 Å². The summed E-state index contributed by atoms with van der Waals surface area (Å²) in [6, 6.07) is 0. The predicted molar refractivity (Wildman–Crippen MR) is 40.1 cm³/mol. The van der Waals surface area contributed by atoms with E-state index in [-0.39, 0.29) is 0 Å². The molecule has 1 nitrogen and oxygen atoms in total. The molecule has 0 amide bonds. The Kier molecular flexibility index (Phi) is 1.93. The van der Waals surface area contributed by atoms with E-state index in [9.17, 15) is 0 Å². The second kappa shape index (κ2) is 2.72. The molecule has 0 bridgehead atoms. The highest BCUT2D eigenvalue weighted by atomic mass is 14.8. The first kappa shape index (κ1) is 6.40. The molecule has 1 heteroatoms. The fourth-order valence-corrected chi connectivity index (χ4v) is 0.847. The van der Waals surface area contributed by atoms with Gasteiger partial charge in [0.1, 0.15) is 0 Å². The second-order valence-corrected chi connectivity index (χ2v) is 2.61. The number of rotatable bonds is 1. The Labute approximate surface area is 56.5 Å². The third-order valence-corrected chi connectivity index (χ3v) is 1.48. The first-order valence-corrected chi connectivity index (χ1v) is 3.40. The van der Waals surface area contributed by atoms with Gasteiger partial charge in [0.05, 0.1) is 0 Å². The molecule has 0 unspecified atom stereocenters. The maximum Gasteiger partial charge on any atom is 0.0328 e. The predicted octanol–water partition coefficient (Wildman–Crippen LogP) is 1.69. The van der Waals surface area contributed by atoms with E-state index in [2.05, 4.69) is 37.5 Å². The summed E-state index contributed by atoms with van der Waals surface area (Å²) in [4.78, 5) is 0. The summed E-state index contributed by atoms with van der Waals surface area (Å²) in [5, 5.41) is 3.17. The van der Waals surface area contributed by atoms with Crippen molar-refractivity contribution in [2.45, 2.75) is 13.8 Å². The minimum Gasteiger partial charge on any atom is -0.387 e. The zero-order valence-corrected chi connectivity index (χ0v) is 6.02. The number of hydrogen-bond acceptors (Lipinski definition) is 1. The van der Waals surface area contributed by atoms with Crippen molar-refractivity contribution < 1.29 is 0 Å². The van der Waals surface area contributed by atoms with Gasteiger partial charge in [0.15, 0.2) is 0 Å². The van der Waals surface area contributed by atoms with Crippen LogP contribution in [-0.4, -0.2) is 6.54 Å². The molecule has 1 rings (SSSR count). The summed E-state index contributed by atoms with van der Waals surface area (Å²) in [5.41, 5.74) is 1.39. The van der Waals surface area contributed by atoms with Gasteiger partial charge in [-0.2, -0.15) is 0 Å². The van der Waals surface area contributed by atoms with Crippen LogP contribution < -0.4 is 5.32 Å². The maximum atomic E-state index is 3.17. The van der Waals surface area contributed by atoms with Crippen LogP contribution in [-0.2, 0) is 0 Å². The molecule has 0 fully saturated rings. The molecule has 1 heterocycles. The van der Waals surface area contributed by atoms with Gasteiger partial charge in [0.25, 0.3) is 0 Å². The summed E-state index contributed by atoms with van der Waals surface area (Å²) in [6.45, 7) is 5.38. The monoisotopic (exact) mass is 123 g/mol. The summed E-state index contributed by atoms with van der Waals surface area (Å²) in [5.74, 6) is 0.647. The summed E-state index contributed by atoms with van der Waals surface area (Å²) in [6.07, 6.45) is 6.42. The van der Waals surface area contributed by atoms with Crippen LogP contribution >= 0.6 is 0 Å². The highest BCUT2D eigenvalue weighted by molar-refractivity contribution is 5.23. The van der Waals surface area contributed by atoms with Crippen LogP contribution in [0.5, 0.6) is 0 Å². The molecule has 0 atom stereocenters. The van der Waals surface area contributed by atoms with E-state index in [4.69, 9.17) is 0 Å². The quantitative estimate of drug-likeness (QED) is 0.559. The van der Waals surface area contributed by atoms with Crippen molar-refractivity contribution in [3.8, 4) is 0 Å². The third kappa shape index (κ3) is 1.60. The molecule has 1 N–H and O–H groups in total. The molecule has 0 radical (unpaired) electrons. The molecule has 1 aliphatic rings. The Morgan fingerprint density at radius 2 is 2.33 bits per heavy atom. The smallest absolute Gasteiger partial charge is 0.0328 e. The number of nitrogens with one attached hydrogen (secondary N) is 1. The average molecular weight is 123 g/mol. The minimum absolute atomic E-state index is 0.647. The van der Waals surface area contributed by atoms with Crippen molar-refractivity contribution in [3.05, 3.63) is 23.9 Å². The van der Waals surface area contributed by atoms with Crippen LogP contribution in [0.4, 0.5) is 0 Å². The highest BCUT2D eigenvalue weighted by Crippen LogP contribution is 2.10. The Morgan fingerprint density at radius 1 is 1.56 bits per heavy atom. The van der Waals surface area contributed by atoms with Crippen molar-refractivity contribution in [2.75, 3.05) is 6.54 Å². The molecule has 50 valence electrons. The van der Waals surface area contributed by atoms with Gasteiger partial charge in [0, 0.05) is 12.7 Å². The van der Waals surface area contributed by atoms with E-state index in [0.717, 1.165) is 6.54 Å². The highest BCUT2D eigenvalue weighted by Gasteiger charge is 1.99. The maximum absolute atomic E-state index is 3.17. The molecule has 0 saturated carbocycles. The van der Waals surface area contributed by atoms with Crippen molar-refractivity contribution in [3.63, 3.8) is 0 Å². The molecule has 0 aliphatic carbocycles. The van der Waals surface area contributed by atoms with Gasteiger partial charge in [0.2, 0.25) is 0 Å². The van der Waals surface area contributed by atoms with Gasteiger partial charge >= 0.3 is 0 Å². The van der Waals surface area contributed by atoms with Crippen molar-refractivity contribution in [1.82, 2.24) is 5.32 Å². The lowest BCUT2D eigenvalue weighted by Crippen LogP contribution is -2.11. The number of allylic oxidation sites excluding steroid dienone is 2.